The number of carbonyl (C=O) groups is 1. The smallest absolute Gasteiger partial charge is 0.242 e. The van der Waals surface area contributed by atoms with Gasteiger partial charge in [-0.05, 0) is 38.8 Å². The van der Waals surface area contributed by atoms with Crippen molar-refractivity contribution in [3.63, 3.8) is 0 Å². The Hall–Kier alpha value is -1.37. The van der Waals surface area contributed by atoms with E-state index in [-0.39, 0.29) is 36.6 Å². The molecule has 0 spiro atoms. The van der Waals surface area contributed by atoms with Crippen LogP contribution in [0.1, 0.15) is 38.4 Å². The second-order valence-corrected chi connectivity index (χ2v) is 6.30. The third-order valence-electron chi connectivity index (χ3n) is 3.97. The Kier molecular flexibility index (Phi) is 6.39. The van der Waals surface area contributed by atoms with Gasteiger partial charge >= 0.3 is 0 Å². The minimum atomic E-state index is -0.825. The first-order valence-corrected chi connectivity index (χ1v) is 7.35. The average molecular weight is 360 g/mol. The highest BCUT2D eigenvalue weighted by Crippen LogP contribution is 2.27. The number of aromatic nitrogens is 3. The Bertz CT molecular complexity index is 667. The van der Waals surface area contributed by atoms with Crippen LogP contribution in [0.2, 0.25) is 0 Å². The van der Waals surface area contributed by atoms with Crippen molar-refractivity contribution in [2.45, 2.75) is 38.1 Å². The average Bonchev–Trinajstić information content (AvgIpc) is 2.89. The van der Waals surface area contributed by atoms with Gasteiger partial charge in [0.15, 0.2) is 5.65 Å². The van der Waals surface area contributed by atoms with E-state index in [1.165, 1.54) is 0 Å². The summed E-state index contributed by atoms with van der Waals surface area (Å²) >= 11 is 0. The second kappa shape index (κ2) is 7.47. The van der Waals surface area contributed by atoms with Crippen LogP contribution in [0.4, 0.5) is 0 Å². The van der Waals surface area contributed by atoms with Crippen molar-refractivity contribution in [2.24, 2.45) is 5.73 Å². The molecule has 2 aromatic heterocycles. The molecule has 128 valence electrons. The number of rotatable bonds is 2. The summed E-state index contributed by atoms with van der Waals surface area (Å²) in [6.07, 6.45) is 3.96. The van der Waals surface area contributed by atoms with Crippen molar-refractivity contribution in [2.75, 3.05) is 13.1 Å². The van der Waals surface area contributed by atoms with Crippen molar-refractivity contribution < 1.29 is 4.79 Å². The molecule has 1 fully saturated rings. The molecular weight excluding hydrogens is 337 g/mol. The van der Waals surface area contributed by atoms with E-state index >= 15 is 0 Å². The molecule has 2 N–H and O–H groups in total. The van der Waals surface area contributed by atoms with E-state index in [0.717, 1.165) is 30.9 Å². The molecule has 1 saturated heterocycles. The van der Waals surface area contributed by atoms with E-state index in [2.05, 4.69) is 10.2 Å². The van der Waals surface area contributed by atoms with Gasteiger partial charge in [0.1, 0.15) is 5.82 Å². The Morgan fingerprint density at radius 3 is 2.74 bits per heavy atom. The molecule has 2 aromatic rings. The van der Waals surface area contributed by atoms with Crippen molar-refractivity contribution in [1.82, 2.24) is 19.5 Å². The molecule has 6 nitrogen and oxygen atoms in total. The van der Waals surface area contributed by atoms with E-state index in [0.29, 0.717) is 6.54 Å². The van der Waals surface area contributed by atoms with Crippen LogP contribution in [-0.2, 0) is 4.79 Å². The summed E-state index contributed by atoms with van der Waals surface area (Å²) in [6, 6.07) is 5.85. The summed E-state index contributed by atoms with van der Waals surface area (Å²) in [5, 5.41) is 8.52. The van der Waals surface area contributed by atoms with Gasteiger partial charge in [-0.3, -0.25) is 9.20 Å². The molecule has 3 rings (SSSR count). The molecule has 1 unspecified atom stereocenters. The fourth-order valence-corrected chi connectivity index (χ4v) is 2.92. The van der Waals surface area contributed by atoms with Crippen LogP contribution < -0.4 is 5.73 Å². The fraction of sp³-hybridized carbons (Fsp3) is 0.533. The van der Waals surface area contributed by atoms with Crippen molar-refractivity contribution in [3.8, 4) is 0 Å². The van der Waals surface area contributed by atoms with Gasteiger partial charge in [-0.15, -0.1) is 35.0 Å². The van der Waals surface area contributed by atoms with Gasteiger partial charge in [-0.2, -0.15) is 0 Å². The summed E-state index contributed by atoms with van der Waals surface area (Å²) in [4.78, 5) is 14.2. The van der Waals surface area contributed by atoms with Gasteiger partial charge in [0.05, 0.1) is 5.54 Å². The Morgan fingerprint density at radius 2 is 2.04 bits per heavy atom. The molecule has 0 bridgehead atoms. The standard InChI is InChI=1S/C15H21N5O.2ClH/c1-15(2,16)14(21)19-8-5-6-11(10-19)13-18-17-12-7-3-4-9-20(12)13;;/h3-4,7,9,11H,5-6,8,10,16H2,1-2H3;2*1H. The highest BCUT2D eigenvalue weighted by atomic mass is 35.5. The number of hydrogen-bond donors (Lipinski definition) is 1. The number of halogens is 2. The molecule has 23 heavy (non-hydrogen) atoms. The van der Waals surface area contributed by atoms with Crippen LogP contribution in [0.5, 0.6) is 0 Å². The number of hydrogen-bond acceptors (Lipinski definition) is 4. The van der Waals surface area contributed by atoms with Gasteiger partial charge in [-0.25, -0.2) is 0 Å². The van der Waals surface area contributed by atoms with Crippen LogP contribution >= 0.6 is 24.8 Å². The van der Waals surface area contributed by atoms with E-state index in [1.807, 2.05) is 33.7 Å². The number of nitrogens with two attached hydrogens (primary N) is 1. The van der Waals surface area contributed by atoms with Crippen molar-refractivity contribution >= 4 is 36.4 Å². The van der Waals surface area contributed by atoms with Crippen LogP contribution in [0.25, 0.3) is 5.65 Å². The fourth-order valence-electron chi connectivity index (χ4n) is 2.92. The Morgan fingerprint density at radius 1 is 1.30 bits per heavy atom. The lowest BCUT2D eigenvalue weighted by molar-refractivity contribution is -0.137. The molecule has 0 radical (unpaired) electrons. The molecule has 1 aliphatic rings. The zero-order valence-corrected chi connectivity index (χ0v) is 14.9. The Labute approximate surface area is 148 Å². The quantitative estimate of drug-likeness (QED) is 0.889. The molecule has 1 amide bonds. The molecule has 0 aromatic carbocycles. The van der Waals surface area contributed by atoms with Gasteiger partial charge in [-0.1, -0.05) is 6.07 Å². The minimum Gasteiger partial charge on any atom is -0.340 e. The molecule has 0 aliphatic carbocycles. The Balaban J connectivity index is 0.00000132. The topological polar surface area (TPSA) is 76.5 Å². The van der Waals surface area contributed by atoms with Crippen molar-refractivity contribution in [1.29, 1.82) is 0 Å². The number of carbonyl (C=O) groups excluding carboxylic acids is 1. The molecule has 3 heterocycles. The molecule has 1 atom stereocenters. The largest absolute Gasteiger partial charge is 0.340 e. The van der Waals surface area contributed by atoms with E-state index in [9.17, 15) is 4.79 Å². The van der Waals surface area contributed by atoms with Crippen LogP contribution in [0.3, 0.4) is 0 Å². The zero-order chi connectivity index (χ0) is 15.0. The number of likely N-dealkylation sites (tertiary alicyclic amines) is 1. The van der Waals surface area contributed by atoms with Gasteiger partial charge in [0, 0.05) is 25.2 Å². The normalized spacial score (nSPS) is 18.2. The molecule has 1 aliphatic heterocycles. The van der Waals surface area contributed by atoms with Crippen LogP contribution in [-0.4, -0.2) is 44.0 Å². The molecular formula is C15H23Cl2N5O. The SMILES string of the molecule is CC(C)(N)C(=O)N1CCCC(c2nnc3ccccn23)C1.Cl.Cl. The summed E-state index contributed by atoms with van der Waals surface area (Å²) in [6.45, 7) is 4.94. The van der Waals surface area contributed by atoms with Crippen LogP contribution in [0.15, 0.2) is 24.4 Å². The predicted octanol–water partition coefficient (Wildman–Crippen LogP) is 2.02. The monoisotopic (exact) mass is 359 g/mol. The lowest BCUT2D eigenvalue weighted by Crippen LogP contribution is -2.53. The maximum atomic E-state index is 12.4. The van der Waals surface area contributed by atoms with Crippen molar-refractivity contribution in [3.05, 3.63) is 30.2 Å². The lowest BCUT2D eigenvalue weighted by atomic mass is 9.95. The predicted molar refractivity (Wildman–Crippen MR) is 94.3 cm³/mol. The second-order valence-electron chi connectivity index (χ2n) is 6.30. The maximum absolute atomic E-state index is 12.4. The number of pyridine rings is 1. The van der Waals surface area contributed by atoms with E-state index in [4.69, 9.17) is 5.73 Å². The number of amides is 1. The zero-order valence-electron chi connectivity index (χ0n) is 13.3. The summed E-state index contributed by atoms with van der Waals surface area (Å²) in [7, 11) is 0. The van der Waals surface area contributed by atoms with Crippen LogP contribution in [0, 0.1) is 0 Å². The van der Waals surface area contributed by atoms with E-state index < -0.39 is 5.54 Å². The van der Waals surface area contributed by atoms with Gasteiger partial charge in [0.25, 0.3) is 0 Å². The first-order valence-electron chi connectivity index (χ1n) is 7.35. The summed E-state index contributed by atoms with van der Waals surface area (Å²) in [5.74, 6) is 1.14. The molecule has 0 saturated carbocycles. The van der Waals surface area contributed by atoms with Gasteiger partial charge in [0.2, 0.25) is 5.91 Å². The third-order valence-corrected chi connectivity index (χ3v) is 3.97. The lowest BCUT2D eigenvalue weighted by Gasteiger charge is -2.35. The summed E-state index contributed by atoms with van der Waals surface area (Å²) in [5.41, 5.74) is 5.96. The first-order chi connectivity index (χ1) is 9.97. The molecule has 8 heteroatoms. The number of nitrogens with zero attached hydrogens (tertiary/aromatic N) is 4. The number of fused-ring (bicyclic) bond motifs is 1. The summed E-state index contributed by atoms with van der Waals surface area (Å²) < 4.78 is 2.01. The van der Waals surface area contributed by atoms with E-state index in [1.54, 1.807) is 13.8 Å². The highest BCUT2D eigenvalue weighted by molar-refractivity contribution is 5.86. The highest BCUT2D eigenvalue weighted by Gasteiger charge is 2.33. The first kappa shape index (κ1) is 19.7. The minimum absolute atomic E-state index is 0. The third kappa shape index (κ3) is 3.94. The number of piperidine rings is 1. The van der Waals surface area contributed by atoms with Gasteiger partial charge < -0.3 is 10.6 Å². The maximum Gasteiger partial charge on any atom is 0.242 e.